The van der Waals surface area contributed by atoms with Gasteiger partial charge in [-0.1, -0.05) is 36.4 Å². The summed E-state index contributed by atoms with van der Waals surface area (Å²) in [6.45, 7) is 4.21. The minimum Gasteiger partial charge on any atom is -0.349 e. The summed E-state index contributed by atoms with van der Waals surface area (Å²) >= 11 is 0. The van der Waals surface area contributed by atoms with Crippen molar-refractivity contribution in [2.24, 2.45) is 5.92 Å². The number of hydrogen-bond donors (Lipinski definition) is 2. The number of piperidine rings is 1. The van der Waals surface area contributed by atoms with Crippen molar-refractivity contribution >= 4 is 29.1 Å². The van der Waals surface area contributed by atoms with Gasteiger partial charge in [0.1, 0.15) is 0 Å². The maximum absolute atomic E-state index is 12.6. The molecule has 1 saturated heterocycles. The average Bonchev–Trinajstić information content (AvgIpc) is 2.55. The fourth-order valence-corrected chi connectivity index (χ4v) is 3.13. The summed E-state index contributed by atoms with van der Waals surface area (Å²) in [5.41, 5.74) is 0.767. The Morgan fingerprint density at radius 2 is 2.00 bits per heavy atom. The third-order valence-electron chi connectivity index (χ3n) is 4.44. The Labute approximate surface area is 137 Å². The standard InChI is InChI=1S/C18H22N2O.ClH/c1-13(15-8-5-11-19-12-15)20-18(21)17-10-4-7-14-6-2-3-9-16(14)17;/h2-4,6-7,9-10,13,15,19H,5,8,11-12H2,1H3,(H,20,21);1H. The zero-order valence-electron chi connectivity index (χ0n) is 12.8. The van der Waals surface area contributed by atoms with E-state index in [0.29, 0.717) is 5.92 Å². The topological polar surface area (TPSA) is 41.1 Å². The molecule has 0 aromatic heterocycles. The van der Waals surface area contributed by atoms with Crippen LogP contribution in [0.5, 0.6) is 0 Å². The highest BCUT2D eigenvalue weighted by atomic mass is 35.5. The van der Waals surface area contributed by atoms with Crippen LogP contribution in [0.3, 0.4) is 0 Å². The van der Waals surface area contributed by atoms with E-state index in [1.807, 2.05) is 42.5 Å². The van der Waals surface area contributed by atoms with Crippen LogP contribution in [0.2, 0.25) is 0 Å². The molecule has 0 bridgehead atoms. The normalized spacial score (nSPS) is 19.2. The van der Waals surface area contributed by atoms with Crippen LogP contribution in [0.25, 0.3) is 10.8 Å². The van der Waals surface area contributed by atoms with Gasteiger partial charge in [0.15, 0.2) is 0 Å². The molecule has 1 heterocycles. The van der Waals surface area contributed by atoms with Crippen molar-refractivity contribution < 1.29 is 4.79 Å². The largest absolute Gasteiger partial charge is 0.349 e. The first-order valence-electron chi connectivity index (χ1n) is 7.75. The first-order valence-corrected chi connectivity index (χ1v) is 7.75. The molecular weight excluding hydrogens is 296 g/mol. The maximum atomic E-state index is 12.6. The Balaban J connectivity index is 0.00000176. The van der Waals surface area contributed by atoms with Gasteiger partial charge in [-0.05, 0) is 55.6 Å². The molecule has 2 atom stereocenters. The molecule has 1 amide bonds. The molecule has 4 heteroatoms. The molecule has 1 fully saturated rings. The van der Waals surface area contributed by atoms with Crippen LogP contribution in [0.15, 0.2) is 42.5 Å². The molecule has 0 saturated carbocycles. The minimum atomic E-state index is 0. The number of carbonyl (C=O) groups is 1. The number of carbonyl (C=O) groups excluding carboxylic acids is 1. The van der Waals surface area contributed by atoms with Gasteiger partial charge in [0.05, 0.1) is 0 Å². The predicted octanol–water partition coefficient (Wildman–Crippen LogP) is 3.38. The number of fused-ring (bicyclic) bond motifs is 1. The molecule has 0 spiro atoms. The van der Waals surface area contributed by atoms with E-state index < -0.39 is 0 Å². The first-order chi connectivity index (χ1) is 10.3. The third kappa shape index (κ3) is 3.60. The van der Waals surface area contributed by atoms with Crippen LogP contribution < -0.4 is 10.6 Å². The molecule has 2 unspecified atom stereocenters. The van der Waals surface area contributed by atoms with Crippen molar-refractivity contribution in [3.63, 3.8) is 0 Å². The summed E-state index contributed by atoms with van der Waals surface area (Å²) in [5, 5.41) is 8.71. The lowest BCUT2D eigenvalue weighted by molar-refractivity contribution is 0.0923. The number of benzene rings is 2. The molecule has 3 nitrogen and oxygen atoms in total. The highest BCUT2D eigenvalue weighted by molar-refractivity contribution is 6.07. The number of nitrogens with one attached hydrogen (secondary N) is 2. The number of rotatable bonds is 3. The minimum absolute atomic E-state index is 0. The van der Waals surface area contributed by atoms with Gasteiger partial charge in [-0.15, -0.1) is 12.4 Å². The lowest BCUT2D eigenvalue weighted by Gasteiger charge is -2.29. The van der Waals surface area contributed by atoms with Gasteiger partial charge in [0, 0.05) is 11.6 Å². The van der Waals surface area contributed by atoms with Gasteiger partial charge in [-0.3, -0.25) is 4.79 Å². The highest BCUT2D eigenvalue weighted by Gasteiger charge is 2.22. The van der Waals surface area contributed by atoms with E-state index in [-0.39, 0.29) is 24.4 Å². The van der Waals surface area contributed by atoms with E-state index in [2.05, 4.69) is 17.6 Å². The molecule has 2 aromatic rings. The number of halogens is 1. The molecule has 0 aliphatic carbocycles. The summed E-state index contributed by atoms with van der Waals surface area (Å²) in [4.78, 5) is 12.6. The smallest absolute Gasteiger partial charge is 0.252 e. The van der Waals surface area contributed by atoms with Crippen LogP contribution in [-0.2, 0) is 0 Å². The Kier molecular flexibility index (Phi) is 5.81. The lowest BCUT2D eigenvalue weighted by atomic mass is 9.92. The second-order valence-electron chi connectivity index (χ2n) is 5.90. The summed E-state index contributed by atoms with van der Waals surface area (Å²) in [6, 6.07) is 14.1. The van der Waals surface area contributed by atoms with Gasteiger partial charge in [-0.2, -0.15) is 0 Å². The van der Waals surface area contributed by atoms with Crippen molar-refractivity contribution in [2.45, 2.75) is 25.8 Å². The van der Waals surface area contributed by atoms with Gasteiger partial charge in [-0.25, -0.2) is 0 Å². The molecular formula is C18H23ClN2O. The molecule has 2 N–H and O–H groups in total. The summed E-state index contributed by atoms with van der Waals surface area (Å²) < 4.78 is 0. The zero-order valence-corrected chi connectivity index (χ0v) is 13.7. The molecule has 22 heavy (non-hydrogen) atoms. The van der Waals surface area contributed by atoms with Crippen LogP contribution >= 0.6 is 12.4 Å². The number of hydrogen-bond acceptors (Lipinski definition) is 2. The van der Waals surface area contributed by atoms with Gasteiger partial charge in [0.2, 0.25) is 0 Å². The second-order valence-corrected chi connectivity index (χ2v) is 5.90. The molecule has 1 aliphatic heterocycles. The molecule has 3 rings (SSSR count). The van der Waals surface area contributed by atoms with Gasteiger partial charge < -0.3 is 10.6 Å². The summed E-state index contributed by atoms with van der Waals surface area (Å²) in [7, 11) is 0. The maximum Gasteiger partial charge on any atom is 0.252 e. The molecule has 118 valence electrons. The van der Waals surface area contributed by atoms with Crippen LogP contribution in [0.4, 0.5) is 0 Å². The number of amides is 1. The van der Waals surface area contributed by atoms with Crippen LogP contribution in [0.1, 0.15) is 30.1 Å². The monoisotopic (exact) mass is 318 g/mol. The predicted molar refractivity (Wildman–Crippen MR) is 93.7 cm³/mol. The van der Waals surface area contributed by atoms with Crippen molar-refractivity contribution in [2.75, 3.05) is 13.1 Å². The van der Waals surface area contributed by atoms with Crippen LogP contribution in [-0.4, -0.2) is 25.0 Å². The van der Waals surface area contributed by atoms with Crippen LogP contribution in [0, 0.1) is 5.92 Å². The molecule has 1 aliphatic rings. The van der Waals surface area contributed by atoms with E-state index in [0.717, 1.165) is 29.4 Å². The third-order valence-corrected chi connectivity index (χ3v) is 4.44. The Morgan fingerprint density at radius 3 is 2.77 bits per heavy atom. The van der Waals surface area contributed by atoms with Crippen molar-refractivity contribution in [3.05, 3.63) is 48.0 Å². The van der Waals surface area contributed by atoms with E-state index in [9.17, 15) is 4.79 Å². The van der Waals surface area contributed by atoms with E-state index in [4.69, 9.17) is 0 Å². The van der Waals surface area contributed by atoms with E-state index >= 15 is 0 Å². The van der Waals surface area contributed by atoms with E-state index in [1.54, 1.807) is 0 Å². The zero-order chi connectivity index (χ0) is 14.7. The fraction of sp³-hybridized carbons (Fsp3) is 0.389. The van der Waals surface area contributed by atoms with E-state index in [1.165, 1.54) is 12.8 Å². The summed E-state index contributed by atoms with van der Waals surface area (Å²) in [5.74, 6) is 0.558. The van der Waals surface area contributed by atoms with Gasteiger partial charge in [0.25, 0.3) is 5.91 Å². The fourth-order valence-electron chi connectivity index (χ4n) is 3.13. The average molecular weight is 319 g/mol. The van der Waals surface area contributed by atoms with Crippen molar-refractivity contribution in [3.8, 4) is 0 Å². The lowest BCUT2D eigenvalue weighted by Crippen LogP contribution is -2.44. The Morgan fingerprint density at radius 1 is 1.23 bits per heavy atom. The summed E-state index contributed by atoms with van der Waals surface area (Å²) in [6.07, 6.45) is 2.38. The molecule has 2 aromatic carbocycles. The highest BCUT2D eigenvalue weighted by Crippen LogP contribution is 2.20. The first kappa shape index (κ1) is 16.8. The van der Waals surface area contributed by atoms with Crippen molar-refractivity contribution in [1.29, 1.82) is 0 Å². The SMILES string of the molecule is CC(NC(=O)c1cccc2ccccc12)C1CCCNC1.Cl. The van der Waals surface area contributed by atoms with Crippen molar-refractivity contribution in [1.82, 2.24) is 10.6 Å². The Bertz CT molecular complexity index is 633. The second kappa shape index (κ2) is 7.61. The Hall–Kier alpha value is -1.58. The molecule has 0 radical (unpaired) electrons. The van der Waals surface area contributed by atoms with Gasteiger partial charge >= 0.3 is 0 Å². The quantitative estimate of drug-likeness (QED) is 0.911.